The number of amides is 1. The number of nitrogens with one attached hydrogen (secondary N) is 1. The summed E-state index contributed by atoms with van der Waals surface area (Å²) < 4.78 is 5.43. The van der Waals surface area contributed by atoms with Crippen molar-refractivity contribution in [1.82, 2.24) is 10.2 Å². The van der Waals surface area contributed by atoms with Gasteiger partial charge in [-0.25, -0.2) is 4.79 Å². The van der Waals surface area contributed by atoms with Crippen LogP contribution in [0.3, 0.4) is 0 Å². The second-order valence-corrected chi connectivity index (χ2v) is 8.65. The number of aliphatic imine (C=N–C) groups is 1. The van der Waals surface area contributed by atoms with Crippen molar-refractivity contribution in [1.29, 1.82) is 0 Å². The van der Waals surface area contributed by atoms with Crippen molar-refractivity contribution in [3.63, 3.8) is 0 Å². The molecule has 3 heterocycles. The van der Waals surface area contributed by atoms with E-state index < -0.39 is 5.60 Å². The van der Waals surface area contributed by atoms with Gasteiger partial charge >= 0.3 is 6.09 Å². The minimum absolute atomic E-state index is 0.241. The van der Waals surface area contributed by atoms with Crippen molar-refractivity contribution < 1.29 is 14.3 Å². The number of nitrogens with zero attached hydrogens (tertiary/aromatic N) is 2. The summed E-state index contributed by atoms with van der Waals surface area (Å²) in [5.74, 6) is 0.675. The Balaban J connectivity index is 0.000000236. The Morgan fingerprint density at radius 3 is 2.71 bits per heavy atom. The molecule has 1 aromatic rings. The fourth-order valence-electron chi connectivity index (χ4n) is 3.80. The van der Waals surface area contributed by atoms with Gasteiger partial charge in [-0.3, -0.25) is 4.99 Å². The molecule has 1 amide bonds. The van der Waals surface area contributed by atoms with E-state index in [2.05, 4.69) is 22.4 Å². The molecule has 2 unspecified atom stereocenters. The third-order valence-corrected chi connectivity index (χ3v) is 5.20. The van der Waals surface area contributed by atoms with Gasteiger partial charge in [-0.1, -0.05) is 18.2 Å². The average Bonchev–Trinajstić information content (AvgIpc) is 3.05. The standard InChI is InChI=1S/C16H20N2O2.C6H11NO/c1-16(2,3)20-15(19)18-9-8-12-11-6-4-5-7-13(11)17-14(12)10-18;8-5-6-2-1-3-7-4-6/h4-7,12H,8-10H2,1-3H3;5-7H,1-4H2. The van der Waals surface area contributed by atoms with Crippen molar-refractivity contribution in [3.05, 3.63) is 29.8 Å². The van der Waals surface area contributed by atoms with E-state index in [4.69, 9.17) is 4.74 Å². The molecule has 0 saturated carbocycles. The molecule has 2 atom stereocenters. The Morgan fingerprint density at radius 1 is 1.29 bits per heavy atom. The summed E-state index contributed by atoms with van der Waals surface area (Å²) in [5.41, 5.74) is 2.99. The number of fused-ring (bicyclic) bond motifs is 3. The SMILES string of the molecule is CC(C)(C)OC(=O)N1CCC2C(=Nc3ccccc32)C1.O=CC1CCCNC1. The third kappa shape index (κ3) is 5.19. The average molecular weight is 386 g/mol. The predicted octanol–water partition coefficient (Wildman–Crippen LogP) is 3.68. The van der Waals surface area contributed by atoms with E-state index >= 15 is 0 Å². The summed E-state index contributed by atoms with van der Waals surface area (Å²) in [7, 11) is 0. The van der Waals surface area contributed by atoms with E-state index in [0.717, 1.165) is 56.6 Å². The number of aldehydes is 1. The Bertz CT molecular complexity index is 733. The van der Waals surface area contributed by atoms with Crippen LogP contribution in [0.25, 0.3) is 0 Å². The van der Waals surface area contributed by atoms with Crippen molar-refractivity contribution in [2.75, 3.05) is 26.2 Å². The Hall–Kier alpha value is -2.21. The van der Waals surface area contributed by atoms with Crippen LogP contribution >= 0.6 is 0 Å². The van der Waals surface area contributed by atoms with Crippen LogP contribution in [0, 0.1) is 5.92 Å². The van der Waals surface area contributed by atoms with Gasteiger partial charge in [-0.15, -0.1) is 0 Å². The fraction of sp³-hybridized carbons (Fsp3) is 0.591. The topological polar surface area (TPSA) is 71.0 Å². The zero-order chi connectivity index (χ0) is 20.1. The van der Waals surface area contributed by atoms with E-state index in [9.17, 15) is 9.59 Å². The Morgan fingerprint density at radius 2 is 2.07 bits per heavy atom. The number of rotatable bonds is 1. The monoisotopic (exact) mass is 385 g/mol. The summed E-state index contributed by atoms with van der Waals surface area (Å²) in [5, 5.41) is 3.15. The Kier molecular flexibility index (Phi) is 6.50. The number of hydrogen-bond acceptors (Lipinski definition) is 5. The van der Waals surface area contributed by atoms with Crippen molar-refractivity contribution in [2.24, 2.45) is 10.9 Å². The van der Waals surface area contributed by atoms with Crippen LogP contribution in [0.1, 0.15) is 51.5 Å². The molecule has 3 aliphatic heterocycles. The van der Waals surface area contributed by atoms with Crippen molar-refractivity contribution >= 4 is 23.8 Å². The number of benzene rings is 1. The molecule has 2 fully saturated rings. The summed E-state index contributed by atoms with van der Waals surface area (Å²) in [6.07, 6.45) is 3.97. The number of ether oxygens (including phenoxy) is 1. The first-order valence-corrected chi connectivity index (χ1v) is 10.2. The highest BCUT2D eigenvalue weighted by molar-refractivity contribution is 6.01. The molecule has 0 radical (unpaired) electrons. The summed E-state index contributed by atoms with van der Waals surface area (Å²) >= 11 is 0. The quantitative estimate of drug-likeness (QED) is 0.749. The highest BCUT2D eigenvalue weighted by atomic mass is 16.6. The molecular weight excluding hydrogens is 354 g/mol. The van der Waals surface area contributed by atoms with Gasteiger partial charge in [-0.2, -0.15) is 0 Å². The van der Waals surface area contributed by atoms with Crippen LogP contribution in [0.4, 0.5) is 10.5 Å². The first-order valence-electron chi connectivity index (χ1n) is 10.2. The fourth-order valence-corrected chi connectivity index (χ4v) is 3.80. The molecule has 6 nitrogen and oxygen atoms in total. The highest BCUT2D eigenvalue weighted by Gasteiger charge is 2.35. The number of hydrogen-bond donors (Lipinski definition) is 1. The maximum atomic E-state index is 12.1. The first kappa shape index (κ1) is 20.5. The van der Waals surface area contributed by atoms with Gasteiger partial charge in [0.05, 0.1) is 12.2 Å². The van der Waals surface area contributed by atoms with E-state index in [1.54, 1.807) is 4.90 Å². The summed E-state index contributed by atoms with van der Waals surface area (Å²) in [6.45, 7) is 8.96. The van der Waals surface area contributed by atoms with Gasteiger partial charge in [0.1, 0.15) is 11.9 Å². The first-order chi connectivity index (χ1) is 13.4. The van der Waals surface area contributed by atoms with Gasteiger partial charge in [-0.05, 0) is 58.2 Å². The maximum absolute atomic E-state index is 12.1. The lowest BCUT2D eigenvalue weighted by Gasteiger charge is -2.32. The van der Waals surface area contributed by atoms with Crippen molar-refractivity contribution in [2.45, 2.75) is 51.6 Å². The largest absolute Gasteiger partial charge is 0.444 e. The molecule has 0 bridgehead atoms. The molecule has 0 spiro atoms. The second kappa shape index (κ2) is 8.86. The second-order valence-electron chi connectivity index (χ2n) is 8.65. The van der Waals surface area contributed by atoms with Gasteiger partial charge in [0.15, 0.2) is 0 Å². The van der Waals surface area contributed by atoms with E-state index in [1.807, 2.05) is 32.9 Å². The number of carbonyl (C=O) groups is 2. The molecule has 4 rings (SSSR count). The summed E-state index contributed by atoms with van der Waals surface area (Å²) in [4.78, 5) is 28.7. The molecule has 152 valence electrons. The molecule has 0 aliphatic carbocycles. The molecule has 0 aromatic heterocycles. The lowest BCUT2D eigenvalue weighted by Crippen LogP contribution is -2.44. The van der Waals surface area contributed by atoms with Gasteiger partial charge in [0.25, 0.3) is 0 Å². The molecule has 1 aromatic carbocycles. The zero-order valence-corrected chi connectivity index (χ0v) is 17.1. The van der Waals surface area contributed by atoms with Crippen molar-refractivity contribution in [3.8, 4) is 0 Å². The predicted molar refractivity (Wildman–Crippen MR) is 110 cm³/mol. The minimum Gasteiger partial charge on any atom is -0.444 e. The zero-order valence-electron chi connectivity index (χ0n) is 17.1. The molecule has 3 aliphatic rings. The van der Waals surface area contributed by atoms with Crippen LogP contribution in [-0.2, 0) is 9.53 Å². The van der Waals surface area contributed by atoms with E-state index in [0.29, 0.717) is 18.4 Å². The number of carbonyl (C=O) groups excluding carboxylic acids is 2. The smallest absolute Gasteiger partial charge is 0.410 e. The van der Waals surface area contributed by atoms with Crippen LogP contribution < -0.4 is 5.32 Å². The van der Waals surface area contributed by atoms with Gasteiger partial charge in [0.2, 0.25) is 0 Å². The lowest BCUT2D eigenvalue weighted by atomic mass is 9.89. The normalized spacial score (nSPS) is 23.5. The lowest BCUT2D eigenvalue weighted by molar-refractivity contribution is -0.111. The molecule has 1 N–H and O–H groups in total. The van der Waals surface area contributed by atoms with Crippen LogP contribution in [-0.4, -0.2) is 54.8 Å². The van der Waals surface area contributed by atoms with Gasteiger partial charge < -0.3 is 19.7 Å². The molecule has 6 heteroatoms. The minimum atomic E-state index is -0.450. The Labute approximate surface area is 167 Å². The number of para-hydroxylation sites is 1. The molecular formula is C22H31N3O3. The molecule has 2 saturated heterocycles. The number of likely N-dealkylation sites (tertiary alicyclic amines) is 1. The van der Waals surface area contributed by atoms with Crippen LogP contribution in [0.15, 0.2) is 29.3 Å². The van der Waals surface area contributed by atoms with Gasteiger partial charge in [0, 0.05) is 30.6 Å². The van der Waals surface area contributed by atoms with E-state index in [-0.39, 0.29) is 6.09 Å². The maximum Gasteiger partial charge on any atom is 0.410 e. The molecule has 28 heavy (non-hydrogen) atoms. The van der Waals surface area contributed by atoms with E-state index in [1.165, 1.54) is 5.56 Å². The van der Waals surface area contributed by atoms with Crippen LogP contribution in [0.2, 0.25) is 0 Å². The third-order valence-electron chi connectivity index (χ3n) is 5.20. The number of piperidine rings is 2. The van der Waals surface area contributed by atoms with Crippen LogP contribution in [0.5, 0.6) is 0 Å². The summed E-state index contributed by atoms with van der Waals surface area (Å²) in [6, 6.07) is 8.24. The highest BCUT2D eigenvalue weighted by Crippen LogP contribution is 2.39.